The summed E-state index contributed by atoms with van der Waals surface area (Å²) >= 11 is 0. The van der Waals surface area contributed by atoms with Crippen LogP contribution in [0.4, 0.5) is 18.9 Å². The van der Waals surface area contributed by atoms with Crippen LogP contribution in [0.1, 0.15) is 19.4 Å². The molecule has 1 heterocycles. The maximum Gasteiger partial charge on any atom is 0.419 e. The largest absolute Gasteiger partial charge is 0.491 e. The molecule has 0 aliphatic heterocycles. The lowest BCUT2D eigenvalue weighted by atomic mass is 10.2. The van der Waals surface area contributed by atoms with Gasteiger partial charge in [-0.1, -0.05) is 0 Å². The number of nitrogens with two attached hydrogens (primary N) is 1. The van der Waals surface area contributed by atoms with Crippen molar-refractivity contribution in [1.29, 1.82) is 0 Å². The van der Waals surface area contributed by atoms with Gasteiger partial charge in [0.15, 0.2) is 0 Å². The molecule has 2 aromatic rings. The van der Waals surface area contributed by atoms with Crippen LogP contribution < -0.4 is 10.5 Å². The van der Waals surface area contributed by atoms with Crippen LogP contribution in [0.25, 0.3) is 5.69 Å². The van der Waals surface area contributed by atoms with E-state index in [0.717, 1.165) is 17.1 Å². The fraction of sp³-hybridized carbons (Fsp3) is 0.308. The van der Waals surface area contributed by atoms with E-state index in [0.29, 0.717) is 17.1 Å². The minimum absolute atomic E-state index is 0.0620. The van der Waals surface area contributed by atoms with Crippen molar-refractivity contribution in [3.05, 3.63) is 36.2 Å². The van der Waals surface area contributed by atoms with Crippen molar-refractivity contribution in [2.75, 3.05) is 5.73 Å². The number of benzene rings is 1. The van der Waals surface area contributed by atoms with E-state index in [2.05, 4.69) is 5.10 Å². The third-order valence-electron chi connectivity index (χ3n) is 2.46. The fourth-order valence-electron chi connectivity index (χ4n) is 1.69. The molecule has 0 bridgehead atoms. The number of aromatic nitrogens is 2. The summed E-state index contributed by atoms with van der Waals surface area (Å²) in [5, 5.41) is 3.70. The zero-order valence-electron chi connectivity index (χ0n) is 11.0. The second-order valence-electron chi connectivity index (χ2n) is 4.60. The average molecular weight is 285 g/mol. The number of hydrogen-bond acceptors (Lipinski definition) is 3. The van der Waals surface area contributed by atoms with E-state index in [9.17, 15) is 13.2 Å². The summed E-state index contributed by atoms with van der Waals surface area (Å²) < 4.78 is 44.2. The third kappa shape index (κ3) is 3.23. The predicted octanol–water partition coefficient (Wildman–Crippen LogP) is 3.26. The number of hydrogen-bond donors (Lipinski definition) is 1. The van der Waals surface area contributed by atoms with E-state index < -0.39 is 11.7 Å². The van der Waals surface area contributed by atoms with Gasteiger partial charge in [0.2, 0.25) is 0 Å². The maximum absolute atomic E-state index is 12.5. The van der Waals surface area contributed by atoms with Gasteiger partial charge in [-0.25, -0.2) is 4.68 Å². The Balaban J connectivity index is 2.37. The highest BCUT2D eigenvalue weighted by Gasteiger charge is 2.32. The van der Waals surface area contributed by atoms with Crippen molar-refractivity contribution in [2.45, 2.75) is 26.1 Å². The van der Waals surface area contributed by atoms with Crippen LogP contribution in [0.3, 0.4) is 0 Å². The molecule has 0 spiro atoms. The third-order valence-corrected chi connectivity index (χ3v) is 2.46. The summed E-state index contributed by atoms with van der Waals surface area (Å²) in [5.41, 5.74) is 5.71. The summed E-state index contributed by atoms with van der Waals surface area (Å²) in [5.74, 6) is 0.485. The lowest BCUT2D eigenvalue weighted by Gasteiger charge is -2.12. The molecule has 0 saturated carbocycles. The Labute approximate surface area is 114 Å². The van der Waals surface area contributed by atoms with Crippen molar-refractivity contribution in [3.8, 4) is 11.4 Å². The second-order valence-corrected chi connectivity index (χ2v) is 4.60. The number of anilines is 1. The summed E-state index contributed by atoms with van der Waals surface area (Å²) in [6, 6.07) is 4.72. The molecular formula is C13H14F3N3O. The summed E-state index contributed by atoms with van der Waals surface area (Å²) in [6.07, 6.45) is -2.80. The first-order chi connectivity index (χ1) is 9.25. The van der Waals surface area contributed by atoms with Crippen LogP contribution in [-0.2, 0) is 6.18 Å². The average Bonchev–Trinajstić information content (AvgIpc) is 2.75. The summed E-state index contributed by atoms with van der Waals surface area (Å²) in [7, 11) is 0. The van der Waals surface area contributed by atoms with E-state index >= 15 is 0 Å². The normalized spacial score (nSPS) is 11.9. The number of alkyl halides is 3. The molecule has 0 amide bonds. The van der Waals surface area contributed by atoms with Gasteiger partial charge in [-0.3, -0.25) is 0 Å². The van der Waals surface area contributed by atoms with Crippen molar-refractivity contribution in [3.63, 3.8) is 0 Å². The van der Waals surface area contributed by atoms with Crippen molar-refractivity contribution in [2.24, 2.45) is 0 Å². The molecule has 0 fully saturated rings. The maximum atomic E-state index is 12.5. The minimum atomic E-state index is -4.42. The molecular weight excluding hydrogens is 271 g/mol. The predicted molar refractivity (Wildman–Crippen MR) is 68.7 cm³/mol. The van der Waals surface area contributed by atoms with Gasteiger partial charge in [-0.15, -0.1) is 0 Å². The quantitative estimate of drug-likeness (QED) is 0.881. The van der Waals surface area contributed by atoms with Crippen LogP contribution in [0.5, 0.6) is 5.75 Å². The van der Waals surface area contributed by atoms with Gasteiger partial charge in [-0.2, -0.15) is 18.3 Å². The lowest BCUT2D eigenvalue weighted by molar-refractivity contribution is -0.137. The number of rotatable bonds is 3. The molecule has 7 heteroatoms. The molecule has 0 aliphatic carbocycles. The molecule has 0 atom stereocenters. The number of ether oxygens (including phenoxy) is 1. The molecule has 0 unspecified atom stereocenters. The van der Waals surface area contributed by atoms with Gasteiger partial charge >= 0.3 is 6.18 Å². The van der Waals surface area contributed by atoms with Crippen LogP contribution in [0.15, 0.2) is 30.6 Å². The lowest BCUT2D eigenvalue weighted by Crippen LogP contribution is -2.07. The first-order valence-electron chi connectivity index (χ1n) is 5.95. The SMILES string of the molecule is CC(C)Oc1cc(N)cc(-n2cc(C(F)(F)F)cn2)c1. The number of nitrogen functional groups attached to an aromatic ring is 1. The standard InChI is InChI=1S/C13H14F3N3O/c1-8(2)20-12-4-10(17)3-11(5-12)19-7-9(6-18-19)13(14,15)16/h3-8H,17H2,1-2H3. The molecule has 0 radical (unpaired) electrons. The van der Waals surface area contributed by atoms with E-state index in [1.807, 2.05) is 13.8 Å². The highest BCUT2D eigenvalue weighted by molar-refractivity contribution is 5.53. The van der Waals surface area contributed by atoms with Gasteiger partial charge in [0.1, 0.15) is 5.75 Å². The fourth-order valence-corrected chi connectivity index (χ4v) is 1.69. The highest BCUT2D eigenvalue weighted by Crippen LogP contribution is 2.30. The molecule has 1 aromatic heterocycles. The molecule has 0 saturated heterocycles. The van der Waals surface area contributed by atoms with E-state index in [-0.39, 0.29) is 6.10 Å². The molecule has 2 N–H and O–H groups in total. The van der Waals surface area contributed by atoms with Crippen molar-refractivity contribution >= 4 is 5.69 Å². The Morgan fingerprint density at radius 2 is 1.95 bits per heavy atom. The van der Waals surface area contributed by atoms with Crippen molar-refractivity contribution in [1.82, 2.24) is 9.78 Å². The van der Waals surface area contributed by atoms with Gasteiger partial charge in [0, 0.05) is 24.0 Å². The smallest absolute Gasteiger partial charge is 0.419 e. The Bertz CT molecular complexity index is 605. The van der Waals surface area contributed by atoms with Crippen LogP contribution in [-0.4, -0.2) is 15.9 Å². The van der Waals surface area contributed by atoms with Crippen LogP contribution in [0, 0.1) is 0 Å². The topological polar surface area (TPSA) is 53.1 Å². The molecule has 2 rings (SSSR count). The molecule has 0 aliphatic rings. The summed E-state index contributed by atoms with van der Waals surface area (Å²) in [4.78, 5) is 0. The Hall–Kier alpha value is -2.18. The van der Waals surface area contributed by atoms with E-state index in [1.165, 1.54) is 6.07 Å². The van der Waals surface area contributed by atoms with Crippen LogP contribution in [0.2, 0.25) is 0 Å². The summed E-state index contributed by atoms with van der Waals surface area (Å²) in [6.45, 7) is 3.69. The minimum Gasteiger partial charge on any atom is -0.491 e. The number of halogens is 3. The monoisotopic (exact) mass is 285 g/mol. The first kappa shape index (κ1) is 14.2. The van der Waals surface area contributed by atoms with Gasteiger partial charge in [0.05, 0.1) is 23.6 Å². The first-order valence-corrected chi connectivity index (χ1v) is 5.95. The molecule has 4 nitrogen and oxygen atoms in total. The molecule has 108 valence electrons. The molecule has 20 heavy (non-hydrogen) atoms. The van der Waals surface area contributed by atoms with Crippen LogP contribution >= 0.6 is 0 Å². The van der Waals surface area contributed by atoms with E-state index in [1.54, 1.807) is 12.1 Å². The zero-order chi connectivity index (χ0) is 14.9. The molecule has 1 aromatic carbocycles. The Morgan fingerprint density at radius 1 is 1.25 bits per heavy atom. The van der Waals surface area contributed by atoms with Gasteiger partial charge < -0.3 is 10.5 Å². The van der Waals surface area contributed by atoms with Gasteiger partial charge in [0.25, 0.3) is 0 Å². The Morgan fingerprint density at radius 3 is 2.50 bits per heavy atom. The van der Waals surface area contributed by atoms with Gasteiger partial charge in [-0.05, 0) is 19.9 Å². The second kappa shape index (κ2) is 5.07. The number of nitrogens with zero attached hydrogens (tertiary/aromatic N) is 2. The highest BCUT2D eigenvalue weighted by atomic mass is 19.4. The van der Waals surface area contributed by atoms with Crippen molar-refractivity contribution < 1.29 is 17.9 Å². The zero-order valence-corrected chi connectivity index (χ0v) is 11.0. The van der Waals surface area contributed by atoms with E-state index in [4.69, 9.17) is 10.5 Å². The Kier molecular flexibility index (Phi) is 3.61.